The molecule has 6 nitrogen and oxygen atoms in total. The molecule has 1 atom stereocenters. The number of ether oxygens (including phenoxy) is 1. The quantitative estimate of drug-likeness (QED) is 0.860. The van der Waals surface area contributed by atoms with Crippen LogP contribution in [0.25, 0.3) is 0 Å². The van der Waals surface area contributed by atoms with Gasteiger partial charge in [-0.15, -0.1) is 0 Å². The second kappa shape index (κ2) is 6.87. The number of carbonyl (C=O) groups is 2. The van der Waals surface area contributed by atoms with E-state index in [1.807, 2.05) is 25.7 Å². The van der Waals surface area contributed by atoms with E-state index in [2.05, 4.69) is 10.3 Å². The molecule has 120 valence electrons. The summed E-state index contributed by atoms with van der Waals surface area (Å²) in [5.41, 5.74) is -0.0248. The molecular weight excluding hydrogens is 282 g/mol. The smallest absolute Gasteiger partial charge is 0.407 e. The van der Waals surface area contributed by atoms with Crippen molar-refractivity contribution in [2.24, 2.45) is 0 Å². The molecular formula is C16H23N3O3. The Morgan fingerprint density at radius 1 is 1.41 bits per heavy atom. The summed E-state index contributed by atoms with van der Waals surface area (Å²) < 4.78 is 5.24. The Hall–Kier alpha value is -1.95. The van der Waals surface area contributed by atoms with Gasteiger partial charge in [0.1, 0.15) is 11.3 Å². The fraction of sp³-hybridized carbons (Fsp3) is 0.562. The predicted octanol–water partition coefficient (Wildman–Crippen LogP) is 1.86. The van der Waals surface area contributed by atoms with Gasteiger partial charge < -0.3 is 10.1 Å². The average Bonchev–Trinajstić information content (AvgIpc) is 2.84. The lowest BCUT2D eigenvalue weighted by Gasteiger charge is -2.22. The van der Waals surface area contributed by atoms with Gasteiger partial charge in [0, 0.05) is 25.3 Å². The highest BCUT2D eigenvalue weighted by Gasteiger charge is 2.27. The van der Waals surface area contributed by atoms with Crippen molar-refractivity contribution in [3.8, 4) is 0 Å². The second-order valence-corrected chi connectivity index (χ2v) is 6.51. The lowest BCUT2D eigenvalue weighted by molar-refractivity contribution is 0.0506. The van der Waals surface area contributed by atoms with Crippen molar-refractivity contribution in [3.05, 3.63) is 30.1 Å². The Balaban J connectivity index is 1.78. The first-order valence-electron chi connectivity index (χ1n) is 7.49. The lowest BCUT2D eigenvalue weighted by Crippen LogP contribution is -2.41. The van der Waals surface area contributed by atoms with Crippen LogP contribution in [0.1, 0.15) is 37.7 Å². The fourth-order valence-corrected chi connectivity index (χ4v) is 2.38. The Morgan fingerprint density at radius 3 is 2.82 bits per heavy atom. The molecule has 1 N–H and O–H groups in total. The van der Waals surface area contributed by atoms with Crippen LogP contribution >= 0.6 is 0 Å². The van der Waals surface area contributed by atoms with Gasteiger partial charge in [0.2, 0.25) is 0 Å². The maximum atomic E-state index is 12.1. The van der Waals surface area contributed by atoms with Gasteiger partial charge in [-0.1, -0.05) is 6.07 Å². The normalized spacial score (nSPS) is 19.0. The average molecular weight is 305 g/mol. The Bertz CT molecular complexity index is 525. The molecule has 0 saturated carbocycles. The Morgan fingerprint density at radius 2 is 2.18 bits per heavy atom. The van der Waals surface area contributed by atoms with Crippen LogP contribution in [0.4, 0.5) is 4.79 Å². The molecule has 1 aliphatic heterocycles. The molecule has 0 spiro atoms. The number of nitrogens with one attached hydrogen (secondary N) is 1. The molecule has 2 heterocycles. The van der Waals surface area contributed by atoms with Crippen LogP contribution < -0.4 is 5.32 Å². The third-order valence-electron chi connectivity index (χ3n) is 3.31. The molecule has 1 aromatic heterocycles. The lowest BCUT2D eigenvalue weighted by atomic mass is 10.2. The zero-order valence-corrected chi connectivity index (χ0v) is 13.3. The molecule has 0 unspecified atom stereocenters. The topological polar surface area (TPSA) is 71.5 Å². The Kier molecular flexibility index (Phi) is 5.13. The zero-order valence-electron chi connectivity index (χ0n) is 13.3. The van der Waals surface area contributed by atoms with E-state index in [0.29, 0.717) is 18.8 Å². The van der Waals surface area contributed by atoms with Gasteiger partial charge in [0.25, 0.3) is 0 Å². The fourth-order valence-electron chi connectivity index (χ4n) is 2.38. The minimum Gasteiger partial charge on any atom is -0.444 e. The predicted molar refractivity (Wildman–Crippen MR) is 82.8 cm³/mol. The molecule has 0 radical (unpaired) electrons. The molecule has 1 amide bonds. The van der Waals surface area contributed by atoms with E-state index in [1.165, 1.54) is 0 Å². The van der Waals surface area contributed by atoms with Crippen LogP contribution in [-0.2, 0) is 4.74 Å². The maximum absolute atomic E-state index is 12.1. The number of nitrogens with zero attached hydrogens (tertiary/aromatic N) is 2. The van der Waals surface area contributed by atoms with E-state index in [9.17, 15) is 9.59 Å². The summed E-state index contributed by atoms with van der Waals surface area (Å²) in [5.74, 6) is -0.00137. The molecule has 0 aliphatic carbocycles. The largest absolute Gasteiger partial charge is 0.444 e. The number of aromatic nitrogens is 1. The molecule has 0 bridgehead atoms. The molecule has 1 fully saturated rings. The summed E-state index contributed by atoms with van der Waals surface area (Å²) in [5, 5.41) is 2.85. The second-order valence-electron chi connectivity index (χ2n) is 6.51. The molecule has 0 aromatic carbocycles. The van der Waals surface area contributed by atoms with E-state index in [1.54, 1.807) is 24.4 Å². The highest BCUT2D eigenvalue weighted by atomic mass is 16.6. The van der Waals surface area contributed by atoms with Crippen molar-refractivity contribution in [3.63, 3.8) is 0 Å². The summed E-state index contributed by atoms with van der Waals surface area (Å²) >= 11 is 0. The van der Waals surface area contributed by atoms with Crippen molar-refractivity contribution in [2.45, 2.75) is 38.8 Å². The summed E-state index contributed by atoms with van der Waals surface area (Å²) in [7, 11) is 0. The highest BCUT2D eigenvalue weighted by Crippen LogP contribution is 2.12. The van der Waals surface area contributed by atoms with Gasteiger partial charge in [0.15, 0.2) is 5.78 Å². The summed E-state index contributed by atoms with van der Waals surface area (Å²) in [6.07, 6.45) is 2.02. The number of carbonyl (C=O) groups excluding carboxylic acids is 2. The first kappa shape index (κ1) is 16.4. The van der Waals surface area contributed by atoms with Crippen LogP contribution in [0, 0.1) is 0 Å². The third kappa shape index (κ3) is 5.11. The van der Waals surface area contributed by atoms with Gasteiger partial charge in [-0.3, -0.25) is 14.7 Å². The molecule has 6 heteroatoms. The standard InChI is InChI=1S/C16H23N3O3/c1-16(2,3)22-15(21)18-12-7-9-19(10-12)11-14(20)13-6-4-5-8-17-13/h4-6,8,12H,7,9-11H2,1-3H3,(H,18,21)/t12-/m0/s1. The van der Waals surface area contributed by atoms with E-state index in [4.69, 9.17) is 4.74 Å². The van der Waals surface area contributed by atoms with Gasteiger partial charge >= 0.3 is 6.09 Å². The highest BCUT2D eigenvalue weighted by molar-refractivity contribution is 5.95. The number of pyridine rings is 1. The number of likely N-dealkylation sites (tertiary alicyclic amines) is 1. The monoisotopic (exact) mass is 305 g/mol. The first-order chi connectivity index (χ1) is 10.3. The molecule has 1 aliphatic rings. The third-order valence-corrected chi connectivity index (χ3v) is 3.31. The molecule has 1 saturated heterocycles. The van der Waals surface area contributed by atoms with Crippen molar-refractivity contribution >= 4 is 11.9 Å². The van der Waals surface area contributed by atoms with E-state index in [-0.39, 0.29) is 11.8 Å². The first-order valence-corrected chi connectivity index (χ1v) is 7.49. The van der Waals surface area contributed by atoms with Crippen molar-refractivity contribution in [1.29, 1.82) is 0 Å². The number of alkyl carbamates (subject to hydrolysis) is 1. The van der Waals surface area contributed by atoms with E-state index < -0.39 is 11.7 Å². The Labute approximate surface area is 130 Å². The van der Waals surface area contributed by atoms with E-state index >= 15 is 0 Å². The van der Waals surface area contributed by atoms with Gasteiger partial charge in [-0.25, -0.2) is 4.79 Å². The van der Waals surface area contributed by atoms with Crippen LogP contribution in [0.5, 0.6) is 0 Å². The summed E-state index contributed by atoms with van der Waals surface area (Å²) in [4.78, 5) is 29.9. The molecule has 1 aromatic rings. The number of amides is 1. The van der Waals surface area contributed by atoms with Gasteiger partial charge in [-0.05, 0) is 39.3 Å². The van der Waals surface area contributed by atoms with Crippen molar-refractivity contribution in [1.82, 2.24) is 15.2 Å². The minimum absolute atomic E-state index is 0.00137. The number of hydrogen-bond acceptors (Lipinski definition) is 5. The summed E-state index contributed by atoms with van der Waals surface area (Å²) in [6, 6.07) is 5.32. The van der Waals surface area contributed by atoms with Crippen molar-refractivity contribution in [2.75, 3.05) is 19.6 Å². The number of rotatable bonds is 4. The number of ketones is 1. The zero-order chi connectivity index (χ0) is 16.2. The van der Waals surface area contributed by atoms with Crippen LogP contribution in [0.15, 0.2) is 24.4 Å². The van der Waals surface area contributed by atoms with Crippen LogP contribution in [0.3, 0.4) is 0 Å². The number of hydrogen-bond donors (Lipinski definition) is 1. The van der Waals surface area contributed by atoms with Crippen molar-refractivity contribution < 1.29 is 14.3 Å². The number of Topliss-reactive ketones (excluding diaryl/α,β-unsaturated/α-hetero) is 1. The minimum atomic E-state index is -0.503. The molecule has 2 rings (SSSR count). The SMILES string of the molecule is CC(C)(C)OC(=O)N[C@H]1CCN(CC(=O)c2ccccn2)C1. The van der Waals surface area contributed by atoms with Crippen LogP contribution in [-0.4, -0.2) is 53.0 Å². The van der Waals surface area contributed by atoms with E-state index in [0.717, 1.165) is 13.0 Å². The maximum Gasteiger partial charge on any atom is 0.407 e. The van der Waals surface area contributed by atoms with Crippen LogP contribution in [0.2, 0.25) is 0 Å². The summed E-state index contributed by atoms with van der Waals surface area (Å²) in [6.45, 7) is 7.25. The van der Waals surface area contributed by atoms with Gasteiger partial charge in [-0.2, -0.15) is 0 Å². The molecule has 22 heavy (non-hydrogen) atoms. The van der Waals surface area contributed by atoms with Gasteiger partial charge in [0.05, 0.1) is 6.54 Å².